The fraction of sp³-hybridized carbons (Fsp3) is 0.333. The number of para-hydroxylation sites is 1. The molecule has 3 aromatic rings. The normalized spacial score (nSPS) is 13.9. The number of benzene rings is 3. The molecule has 234 valence electrons. The Kier molecular flexibility index (Phi) is 11.5. The number of allylic oxidation sites excluding steroid dienone is 2. The molecule has 0 saturated carbocycles. The van der Waals surface area contributed by atoms with Crippen LogP contribution >= 0.6 is 39.7 Å². The molecule has 0 bridgehead atoms. The van der Waals surface area contributed by atoms with Gasteiger partial charge in [0.05, 0.1) is 11.1 Å². The van der Waals surface area contributed by atoms with Crippen molar-refractivity contribution in [2.45, 2.75) is 61.5 Å². The quantitative estimate of drug-likeness (QED) is 0.0799. The summed E-state index contributed by atoms with van der Waals surface area (Å²) >= 11 is 7.33. The molecular weight excluding hydrogens is 729 g/mol. The van der Waals surface area contributed by atoms with Gasteiger partial charge in [-0.1, -0.05) is 61.7 Å². The first-order chi connectivity index (χ1) is 19.9. The van der Waals surface area contributed by atoms with Gasteiger partial charge in [0.25, 0.3) is 0 Å². The Bertz CT molecular complexity index is 1370. The first-order valence-corrected chi connectivity index (χ1v) is 16.1. The van der Waals surface area contributed by atoms with Gasteiger partial charge in [0, 0.05) is 9.15 Å². The minimum absolute atomic E-state index is 0.0883. The fourth-order valence-electron chi connectivity index (χ4n) is 3.69. The predicted molar refractivity (Wildman–Crippen MR) is 161 cm³/mol. The summed E-state index contributed by atoms with van der Waals surface area (Å²) < 4.78 is 109. The second kappa shape index (κ2) is 14.1. The van der Waals surface area contributed by atoms with Crippen molar-refractivity contribution in [1.29, 1.82) is 0 Å². The van der Waals surface area contributed by atoms with Crippen LogP contribution in [0, 0.1) is 0 Å². The number of rotatable bonds is 12. The van der Waals surface area contributed by atoms with Crippen molar-refractivity contribution in [3.8, 4) is 17.2 Å². The summed E-state index contributed by atoms with van der Waals surface area (Å²) in [7, 11) is -4.71. The summed E-state index contributed by atoms with van der Waals surface area (Å²) in [6.45, 7) is 6.12. The van der Waals surface area contributed by atoms with E-state index in [1.165, 1.54) is 6.07 Å². The number of hydrogen-bond donors (Lipinski definition) is 0. The van der Waals surface area contributed by atoms with E-state index in [9.17, 15) is 30.9 Å². The van der Waals surface area contributed by atoms with Crippen LogP contribution in [0.1, 0.15) is 50.3 Å². The van der Waals surface area contributed by atoms with Crippen LogP contribution in [0.25, 0.3) is 0 Å². The maximum atomic E-state index is 13.9. The van der Waals surface area contributed by atoms with Gasteiger partial charge in [0.2, 0.25) is 0 Å². The maximum absolute atomic E-state index is 13.9. The molecule has 4 nitrogen and oxygen atoms in total. The number of alkyl halides is 8. The predicted octanol–water partition coefficient (Wildman–Crippen LogP) is 11.6. The number of phosphoric ester groups is 1. The van der Waals surface area contributed by atoms with Gasteiger partial charge in [-0.25, -0.2) is 0 Å². The zero-order chi connectivity index (χ0) is 32.1. The molecule has 0 amide bonds. The van der Waals surface area contributed by atoms with E-state index in [4.69, 9.17) is 13.6 Å². The highest BCUT2D eigenvalue weighted by atomic mass is 79.9. The van der Waals surface area contributed by atoms with Crippen LogP contribution in [-0.4, -0.2) is 9.15 Å². The molecule has 1 unspecified atom stereocenters. The summed E-state index contributed by atoms with van der Waals surface area (Å²) in [5.41, 5.74) is -0.220. The van der Waals surface area contributed by atoms with Crippen LogP contribution in [-0.2, 0) is 23.3 Å². The van der Waals surface area contributed by atoms with Crippen molar-refractivity contribution in [2.24, 2.45) is 0 Å². The number of hydrogen-bond acceptors (Lipinski definition) is 4. The van der Waals surface area contributed by atoms with Crippen LogP contribution in [0.5, 0.6) is 17.2 Å². The second-order valence-corrected chi connectivity index (χ2v) is 14.8. The van der Waals surface area contributed by atoms with E-state index in [1.807, 2.05) is 13.0 Å². The summed E-state index contributed by atoms with van der Waals surface area (Å²) in [5.74, 6) is -0.431. The Morgan fingerprint density at radius 3 is 1.72 bits per heavy atom. The Hall–Kier alpha value is -2.43. The SMILES string of the molecule is C/C(=C\Cc1ccccc1OP(=O)(Oc1ccc(C(F)(F)F)cc1)Oc1ccc(C(F)(F)F)cc1)CCC(Br)C(C)(C)Br. The summed E-state index contributed by atoms with van der Waals surface area (Å²) in [6.07, 6.45) is -5.18. The molecule has 43 heavy (non-hydrogen) atoms. The third-order valence-corrected chi connectivity index (χ3v) is 10.2. The first-order valence-electron chi connectivity index (χ1n) is 13.0. The maximum Gasteiger partial charge on any atom is 0.647 e. The number of halogens is 8. The van der Waals surface area contributed by atoms with Gasteiger partial charge in [0.15, 0.2) is 0 Å². The molecule has 3 rings (SSSR count). The molecule has 0 N–H and O–H groups in total. The van der Waals surface area contributed by atoms with Gasteiger partial charge in [-0.05, 0) is 100 Å². The third-order valence-electron chi connectivity index (χ3n) is 6.19. The molecule has 0 aliphatic rings. The highest BCUT2D eigenvalue weighted by Crippen LogP contribution is 2.51. The molecule has 0 radical (unpaired) electrons. The van der Waals surface area contributed by atoms with E-state index in [1.54, 1.807) is 18.2 Å². The molecule has 3 aromatic carbocycles. The third kappa shape index (κ3) is 10.9. The molecule has 0 aliphatic carbocycles. The molecule has 0 spiro atoms. The van der Waals surface area contributed by atoms with Gasteiger partial charge in [-0.3, -0.25) is 0 Å². The Labute approximate surface area is 263 Å². The smallest absolute Gasteiger partial charge is 0.386 e. The first kappa shape index (κ1) is 35.1. The highest BCUT2D eigenvalue weighted by Gasteiger charge is 2.36. The second-order valence-electron chi connectivity index (χ2n) is 10.2. The summed E-state index contributed by atoms with van der Waals surface area (Å²) in [6, 6.07) is 13.3. The average molecular weight is 758 g/mol. The van der Waals surface area contributed by atoms with E-state index in [0.717, 1.165) is 66.9 Å². The Morgan fingerprint density at radius 2 is 1.28 bits per heavy atom. The van der Waals surface area contributed by atoms with Crippen molar-refractivity contribution in [1.82, 2.24) is 0 Å². The van der Waals surface area contributed by atoms with Crippen LogP contribution < -0.4 is 13.6 Å². The topological polar surface area (TPSA) is 44.8 Å². The monoisotopic (exact) mass is 756 g/mol. The summed E-state index contributed by atoms with van der Waals surface area (Å²) in [5, 5.41) is 0. The van der Waals surface area contributed by atoms with Crippen LogP contribution in [0.3, 0.4) is 0 Å². The Morgan fingerprint density at radius 1 is 0.814 bits per heavy atom. The summed E-state index contributed by atoms with van der Waals surface area (Å²) in [4.78, 5) is 0.231. The standard InChI is InChI=1S/C30H29Br2F6O4P/c1-20(9-19-27(31)28(2,3)32)8-10-21-6-4-5-7-26(21)42-43(39,40-24-15-11-22(12-16-24)29(33,34)35)41-25-17-13-23(14-18-25)30(36,37)38/h4-8,11-18,27H,9-10,19H2,1-3H3/b20-8+. The fourth-order valence-corrected chi connectivity index (χ4v) is 5.44. The lowest BCUT2D eigenvalue weighted by atomic mass is 10.0. The van der Waals surface area contributed by atoms with E-state index < -0.39 is 31.3 Å². The minimum atomic E-state index is -4.71. The minimum Gasteiger partial charge on any atom is -0.386 e. The molecule has 0 aliphatic heterocycles. The van der Waals surface area contributed by atoms with Gasteiger partial charge < -0.3 is 13.6 Å². The molecular formula is C30H29Br2F6O4P. The zero-order valence-corrected chi connectivity index (χ0v) is 27.4. The van der Waals surface area contributed by atoms with Gasteiger partial charge in [-0.15, -0.1) is 0 Å². The van der Waals surface area contributed by atoms with Crippen LogP contribution in [0.4, 0.5) is 26.3 Å². The lowest BCUT2D eigenvalue weighted by Gasteiger charge is -2.23. The molecule has 1 atom stereocenters. The van der Waals surface area contributed by atoms with Gasteiger partial charge in [0.1, 0.15) is 17.2 Å². The molecule has 0 fully saturated rings. The van der Waals surface area contributed by atoms with Crippen molar-refractivity contribution >= 4 is 39.7 Å². The van der Waals surface area contributed by atoms with Crippen molar-refractivity contribution in [2.75, 3.05) is 0 Å². The van der Waals surface area contributed by atoms with Crippen LogP contribution in [0.15, 0.2) is 84.4 Å². The number of phosphoric acid groups is 1. The lowest BCUT2D eigenvalue weighted by Crippen LogP contribution is -2.23. The van der Waals surface area contributed by atoms with Crippen molar-refractivity contribution < 1.29 is 44.5 Å². The molecule has 0 heterocycles. The molecule has 13 heteroatoms. The van der Waals surface area contributed by atoms with Crippen molar-refractivity contribution in [3.63, 3.8) is 0 Å². The van der Waals surface area contributed by atoms with Crippen molar-refractivity contribution in [3.05, 3.63) is 101 Å². The molecule has 0 aromatic heterocycles. The average Bonchev–Trinajstić information content (AvgIpc) is 2.90. The van der Waals surface area contributed by atoms with E-state index >= 15 is 0 Å². The Balaban J connectivity index is 1.87. The van der Waals surface area contributed by atoms with E-state index in [-0.39, 0.29) is 26.4 Å². The van der Waals surface area contributed by atoms with Crippen LogP contribution in [0.2, 0.25) is 0 Å². The zero-order valence-electron chi connectivity index (χ0n) is 23.3. The largest absolute Gasteiger partial charge is 0.647 e. The van der Waals surface area contributed by atoms with Gasteiger partial charge >= 0.3 is 20.2 Å². The van der Waals surface area contributed by atoms with E-state index in [2.05, 4.69) is 45.7 Å². The lowest BCUT2D eigenvalue weighted by molar-refractivity contribution is -0.138. The molecule has 0 saturated heterocycles. The van der Waals surface area contributed by atoms with E-state index in [0.29, 0.717) is 12.0 Å². The highest BCUT2D eigenvalue weighted by molar-refractivity contribution is 9.12. The van der Waals surface area contributed by atoms with Gasteiger partial charge in [-0.2, -0.15) is 30.9 Å².